The highest BCUT2D eigenvalue weighted by Crippen LogP contribution is 2.33. The van der Waals surface area contributed by atoms with Crippen molar-refractivity contribution >= 4 is 22.7 Å². The van der Waals surface area contributed by atoms with E-state index in [1.807, 2.05) is 36.4 Å². The Bertz CT molecular complexity index is 1260. The van der Waals surface area contributed by atoms with Crippen molar-refractivity contribution in [3.63, 3.8) is 0 Å². The number of likely N-dealkylation sites (tertiary alicyclic amines) is 1. The van der Waals surface area contributed by atoms with Gasteiger partial charge in [0.25, 0.3) is 5.89 Å². The highest BCUT2D eigenvalue weighted by Gasteiger charge is 2.39. The Morgan fingerprint density at radius 2 is 1.94 bits per heavy atom. The third-order valence-corrected chi connectivity index (χ3v) is 5.78. The summed E-state index contributed by atoms with van der Waals surface area (Å²) < 4.78 is 16.7. The van der Waals surface area contributed by atoms with Crippen LogP contribution in [0.15, 0.2) is 45.9 Å². The number of amidine groups is 1. The Morgan fingerprint density at radius 3 is 2.67 bits per heavy atom. The predicted octanol–water partition coefficient (Wildman–Crippen LogP) is 5.39. The van der Waals surface area contributed by atoms with E-state index in [0.29, 0.717) is 37.2 Å². The molecule has 1 aromatic heterocycles. The quantitative estimate of drug-likeness (QED) is 0.371. The van der Waals surface area contributed by atoms with Crippen molar-refractivity contribution in [1.82, 2.24) is 15.0 Å². The molecule has 2 aromatic carbocycles. The van der Waals surface area contributed by atoms with Crippen LogP contribution in [0.1, 0.15) is 59.9 Å². The molecule has 0 saturated carbocycles. The van der Waals surface area contributed by atoms with E-state index in [2.05, 4.69) is 29.0 Å². The molecule has 1 N–H and O–H groups in total. The van der Waals surface area contributed by atoms with Crippen molar-refractivity contribution < 1.29 is 23.9 Å². The van der Waals surface area contributed by atoms with Gasteiger partial charge in [-0.3, -0.25) is 0 Å². The van der Waals surface area contributed by atoms with Gasteiger partial charge in [-0.1, -0.05) is 37.2 Å². The van der Waals surface area contributed by atoms with E-state index in [4.69, 9.17) is 14.0 Å². The minimum absolute atomic E-state index is 0.270. The first-order valence-corrected chi connectivity index (χ1v) is 12.2. The molecule has 1 saturated heterocycles. The molecule has 9 nitrogen and oxygen atoms in total. The van der Waals surface area contributed by atoms with Crippen molar-refractivity contribution in [2.75, 3.05) is 13.2 Å². The first-order chi connectivity index (χ1) is 17.0. The number of carbonyl (C=O) groups excluding carboxylic acids is 1. The second kappa shape index (κ2) is 10.3. The zero-order chi connectivity index (χ0) is 26.0. The van der Waals surface area contributed by atoms with Crippen LogP contribution in [0, 0.1) is 5.92 Å². The minimum Gasteiger partial charge on any atom is -0.493 e. The van der Waals surface area contributed by atoms with E-state index in [-0.39, 0.29) is 5.89 Å². The molecular weight excluding hydrogens is 460 g/mol. The number of nitrogens with zero attached hydrogens (tertiary/aromatic N) is 4. The molecule has 0 unspecified atom stereocenters. The van der Waals surface area contributed by atoms with Gasteiger partial charge in [0.2, 0.25) is 5.82 Å². The van der Waals surface area contributed by atoms with Crippen LogP contribution in [0.2, 0.25) is 0 Å². The van der Waals surface area contributed by atoms with Crippen LogP contribution in [0.4, 0.5) is 4.79 Å². The molecule has 1 fully saturated rings. The number of amides is 1. The van der Waals surface area contributed by atoms with Gasteiger partial charge in [0.1, 0.15) is 23.2 Å². The number of carbonyl (C=O) groups is 1. The summed E-state index contributed by atoms with van der Waals surface area (Å²) in [6, 6.07) is 11.3. The van der Waals surface area contributed by atoms with Gasteiger partial charge in [0.15, 0.2) is 0 Å². The lowest BCUT2D eigenvalue weighted by molar-refractivity contribution is 0.0599. The largest absolute Gasteiger partial charge is 0.493 e. The number of aliphatic imine (C=N–C) groups is 1. The molecule has 1 aliphatic rings. The summed E-state index contributed by atoms with van der Waals surface area (Å²) in [4.78, 5) is 22.6. The molecule has 3 aromatic rings. The summed E-state index contributed by atoms with van der Waals surface area (Å²) in [6.07, 6.45) is -0.927. The number of hydrogen-bond acceptors (Lipinski definition) is 7. The van der Waals surface area contributed by atoms with E-state index in [9.17, 15) is 9.90 Å². The van der Waals surface area contributed by atoms with Crippen LogP contribution in [-0.2, 0) is 4.74 Å². The molecule has 0 bridgehead atoms. The highest BCUT2D eigenvalue weighted by atomic mass is 16.6. The predicted molar refractivity (Wildman–Crippen MR) is 137 cm³/mol. The lowest BCUT2D eigenvalue weighted by atomic mass is 10.1. The molecule has 1 aliphatic heterocycles. The van der Waals surface area contributed by atoms with Crippen LogP contribution in [0.3, 0.4) is 0 Å². The van der Waals surface area contributed by atoms with Crippen molar-refractivity contribution in [1.29, 1.82) is 0 Å². The monoisotopic (exact) mass is 494 g/mol. The van der Waals surface area contributed by atoms with Gasteiger partial charge in [-0.15, -0.1) is 0 Å². The van der Waals surface area contributed by atoms with Gasteiger partial charge in [-0.05, 0) is 69.0 Å². The van der Waals surface area contributed by atoms with Crippen LogP contribution in [0.25, 0.3) is 22.2 Å². The van der Waals surface area contributed by atoms with Crippen molar-refractivity contribution in [3.8, 4) is 17.1 Å². The fraction of sp³-hybridized carbons (Fsp3) is 0.481. The first-order valence-electron chi connectivity index (χ1n) is 12.2. The van der Waals surface area contributed by atoms with Gasteiger partial charge in [0, 0.05) is 12.1 Å². The molecule has 2 heterocycles. The Balaban J connectivity index is 1.54. The zero-order valence-corrected chi connectivity index (χ0v) is 21.7. The molecule has 9 heteroatoms. The van der Waals surface area contributed by atoms with Crippen molar-refractivity contribution in [3.05, 3.63) is 42.3 Å². The molecule has 4 rings (SSSR count). The molecule has 2 atom stereocenters. The first kappa shape index (κ1) is 25.6. The van der Waals surface area contributed by atoms with Crippen LogP contribution >= 0.6 is 0 Å². The summed E-state index contributed by atoms with van der Waals surface area (Å²) in [5.74, 6) is 2.41. The van der Waals surface area contributed by atoms with Gasteiger partial charge in [-0.2, -0.15) is 9.98 Å². The van der Waals surface area contributed by atoms with E-state index in [0.717, 1.165) is 22.1 Å². The molecular formula is C27H34N4O5. The van der Waals surface area contributed by atoms with Gasteiger partial charge in [0.05, 0.1) is 12.7 Å². The van der Waals surface area contributed by atoms with Crippen molar-refractivity contribution in [2.24, 2.45) is 10.9 Å². The number of aliphatic hydroxyl groups is 1. The summed E-state index contributed by atoms with van der Waals surface area (Å²) in [7, 11) is 0. The number of aliphatic hydroxyl groups excluding tert-OH is 1. The number of ether oxygens (including phenoxy) is 2. The maximum Gasteiger partial charge on any atom is 0.435 e. The van der Waals surface area contributed by atoms with Crippen LogP contribution < -0.4 is 4.74 Å². The Morgan fingerprint density at radius 1 is 1.22 bits per heavy atom. The number of aromatic nitrogens is 2. The number of fused-ring (bicyclic) bond motifs is 1. The Hall–Kier alpha value is -3.46. The minimum atomic E-state index is -0.733. The maximum atomic E-state index is 12.2. The standard InChI is InChI=1S/C27H34N4O5/c1-16(2)15-34-21-10-9-18-13-20(8-7-19(18)14-21)24-29-25(36-30-24)23-22(32)11-12-31(23)17(3)28-26(33)35-27(4,5)6/h7-10,13-14,16,22-23,32H,11-12,15H2,1-6H3/b28-17+/t22-,23-/m0/s1. The molecule has 0 aliphatic carbocycles. The van der Waals surface area contributed by atoms with Gasteiger partial charge < -0.3 is 24.0 Å². The molecule has 0 radical (unpaired) electrons. The topological polar surface area (TPSA) is 110 Å². The fourth-order valence-corrected chi connectivity index (χ4v) is 4.11. The Labute approximate surface area is 211 Å². The van der Waals surface area contributed by atoms with Crippen molar-refractivity contribution in [2.45, 2.75) is 65.7 Å². The van der Waals surface area contributed by atoms with E-state index < -0.39 is 23.8 Å². The lowest BCUT2D eigenvalue weighted by Gasteiger charge is -2.25. The number of hydrogen-bond donors (Lipinski definition) is 1. The zero-order valence-electron chi connectivity index (χ0n) is 21.7. The third kappa shape index (κ3) is 6.02. The Kier molecular flexibility index (Phi) is 7.31. The number of benzene rings is 2. The summed E-state index contributed by atoms with van der Waals surface area (Å²) in [5.41, 5.74) is 0.154. The highest BCUT2D eigenvalue weighted by molar-refractivity contribution is 5.91. The van der Waals surface area contributed by atoms with Crippen LogP contribution in [0.5, 0.6) is 5.75 Å². The van der Waals surface area contributed by atoms with Crippen LogP contribution in [-0.4, -0.2) is 56.9 Å². The fourth-order valence-electron chi connectivity index (χ4n) is 4.11. The normalized spacial score (nSPS) is 18.8. The van der Waals surface area contributed by atoms with Gasteiger partial charge >= 0.3 is 6.09 Å². The summed E-state index contributed by atoms with van der Waals surface area (Å²) in [6.45, 7) is 12.4. The van der Waals surface area contributed by atoms with E-state index >= 15 is 0 Å². The van der Waals surface area contributed by atoms with Gasteiger partial charge in [-0.25, -0.2) is 4.79 Å². The second-order valence-electron chi connectivity index (χ2n) is 10.5. The average Bonchev–Trinajstić information content (AvgIpc) is 3.42. The smallest absolute Gasteiger partial charge is 0.435 e. The third-order valence-electron chi connectivity index (χ3n) is 5.78. The van der Waals surface area contributed by atoms with E-state index in [1.54, 1.807) is 32.6 Å². The average molecular weight is 495 g/mol. The molecule has 1 amide bonds. The molecule has 192 valence electrons. The van der Waals surface area contributed by atoms with E-state index in [1.165, 1.54) is 0 Å². The lowest BCUT2D eigenvalue weighted by Crippen LogP contribution is -2.33. The number of rotatable bonds is 5. The molecule has 36 heavy (non-hydrogen) atoms. The maximum absolute atomic E-state index is 12.2. The molecule has 0 spiro atoms. The SMILES string of the molecule is C/C(=N\C(=O)OC(C)(C)C)N1CC[C@H](O)[C@H]1c1nc(-c2ccc3cc(OCC(C)C)ccc3c2)no1. The summed E-state index contributed by atoms with van der Waals surface area (Å²) in [5, 5.41) is 16.9. The second-order valence-corrected chi connectivity index (χ2v) is 10.5. The summed E-state index contributed by atoms with van der Waals surface area (Å²) >= 11 is 0.